The van der Waals surface area contributed by atoms with Crippen LogP contribution in [0.2, 0.25) is 0 Å². The van der Waals surface area contributed by atoms with Crippen LogP contribution in [0.1, 0.15) is 13.8 Å². The van der Waals surface area contributed by atoms with E-state index in [-0.39, 0.29) is 18.0 Å². The van der Waals surface area contributed by atoms with E-state index in [9.17, 15) is 4.39 Å². The van der Waals surface area contributed by atoms with Gasteiger partial charge in [-0.3, -0.25) is 0 Å². The lowest BCUT2D eigenvalue weighted by Gasteiger charge is -2.37. The minimum absolute atomic E-state index is 0.145. The summed E-state index contributed by atoms with van der Waals surface area (Å²) in [5.74, 6) is -0.185. The second kappa shape index (κ2) is 4.72. The van der Waals surface area contributed by atoms with Crippen molar-refractivity contribution in [2.24, 2.45) is 0 Å². The smallest absolute Gasteiger partial charge is 0.147 e. The van der Waals surface area contributed by atoms with E-state index in [0.29, 0.717) is 5.69 Å². The van der Waals surface area contributed by atoms with Crippen molar-refractivity contribution < 1.29 is 9.13 Å². The van der Waals surface area contributed by atoms with Gasteiger partial charge in [-0.1, -0.05) is 15.9 Å². The van der Waals surface area contributed by atoms with Crippen molar-refractivity contribution in [1.29, 1.82) is 0 Å². The Hall–Kier alpha value is -0.610. The quantitative estimate of drug-likeness (QED) is 0.787. The van der Waals surface area contributed by atoms with Crippen molar-refractivity contribution >= 4 is 21.6 Å². The molecule has 2 atom stereocenters. The molecule has 0 aromatic heterocycles. The summed E-state index contributed by atoms with van der Waals surface area (Å²) < 4.78 is 20.2. The average molecular weight is 288 g/mol. The highest BCUT2D eigenvalue weighted by molar-refractivity contribution is 9.10. The molecule has 16 heavy (non-hydrogen) atoms. The maximum Gasteiger partial charge on any atom is 0.147 e. The third kappa shape index (κ3) is 2.55. The average Bonchev–Trinajstić information content (AvgIpc) is 2.15. The Morgan fingerprint density at radius 1 is 1.31 bits per heavy atom. The molecule has 1 fully saturated rings. The van der Waals surface area contributed by atoms with Crippen LogP contribution in [-0.4, -0.2) is 25.3 Å². The SMILES string of the molecule is CC1CN(c2ccc(Br)cc2F)CC(C)O1. The number of morpholine rings is 1. The molecule has 2 unspecified atom stereocenters. The lowest BCUT2D eigenvalue weighted by molar-refractivity contribution is -0.00539. The number of anilines is 1. The molecule has 1 aliphatic rings. The van der Waals surface area contributed by atoms with Crippen LogP contribution in [0.5, 0.6) is 0 Å². The normalized spacial score (nSPS) is 25.9. The second-order valence-electron chi connectivity index (χ2n) is 4.26. The lowest BCUT2D eigenvalue weighted by Crippen LogP contribution is -2.45. The topological polar surface area (TPSA) is 12.5 Å². The van der Waals surface area contributed by atoms with Crippen molar-refractivity contribution in [3.8, 4) is 0 Å². The first-order valence-corrected chi connectivity index (χ1v) is 6.21. The second-order valence-corrected chi connectivity index (χ2v) is 5.17. The molecule has 1 aromatic carbocycles. The van der Waals surface area contributed by atoms with Gasteiger partial charge in [-0.2, -0.15) is 0 Å². The van der Waals surface area contributed by atoms with Gasteiger partial charge >= 0.3 is 0 Å². The summed E-state index contributed by atoms with van der Waals surface area (Å²) in [7, 11) is 0. The molecule has 0 N–H and O–H groups in total. The maximum absolute atomic E-state index is 13.8. The molecule has 0 saturated carbocycles. The van der Waals surface area contributed by atoms with E-state index >= 15 is 0 Å². The van der Waals surface area contributed by atoms with Crippen LogP contribution in [0.15, 0.2) is 22.7 Å². The van der Waals surface area contributed by atoms with Crippen LogP contribution in [0.25, 0.3) is 0 Å². The van der Waals surface area contributed by atoms with Gasteiger partial charge in [-0.05, 0) is 32.0 Å². The number of rotatable bonds is 1. The van der Waals surface area contributed by atoms with Crippen LogP contribution in [-0.2, 0) is 4.74 Å². The zero-order chi connectivity index (χ0) is 11.7. The van der Waals surface area contributed by atoms with Crippen LogP contribution in [0.4, 0.5) is 10.1 Å². The molecular formula is C12H15BrFNO. The predicted octanol–water partition coefficient (Wildman–Crippen LogP) is 3.20. The van der Waals surface area contributed by atoms with E-state index in [2.05, 4.69) is 15.9 Å². The molecule has 1 aliphatic heterocycles. The Labute approximate surface area is 104 Å². The molecule has 2 nitrogen and oxygen atoms in total. The van der Waals surface area contributed by atoms with E-state index in [1.54, 1.807) is 0 Å². The molecule has 0 spiro atoms. The molecule has 1 aromatic rings. The van der Waals surface area contributed by atoms with Gasteiger partial charge in [0.1, 0.15) is 5.82 Å². The third-order valence-electron chi connectivity index (χ3n) is 2.67. The summed E-state index contributed by atoms with van der Waals surface area (Å²) in [6.07, 6.45) is 0.290. The Balaban J connectivity index is 2.23. The highest BCUT2D eigenvalue weighted by Gasteiger charge is 2.24. The monoisotopic (exact) mass is 287 g/mol. The molecular weight excluding hydrogens is 273 g/mol. The van der Waals surface area contributed by atoms with Crippen LogP contribution in [0.3, 0.4) is 0 Å². The van der Waals surface area contributed by atoms with Gasteiger partial charge in [0.2, 0.25) is 0 Å². The van der Waals surface area contributed by atoms with Crippen molar-refractivity contribution in [1.82, 2.24) is 0 Å². The Morgan fingerprint density at radius 3 is 2.50 bits per heavy atom. The molecule has 88 valence electrons. The van der Waals surface area contributed by atoms with E-state index in [4.69, 9.17) is 4.74 Å². The first-order valence-electron chi connectivity index (χ1n) is 5.41. The Morgan fingerprint density at radius 2 is 1.94 bits per heavy atom. The fraction of sp³-hybridized carbons (Fsp3) is 0.500. The van der Waals surface area contributed by atoms with Crippen LogP contribution < -0.4 is 4.90 Å². The molecule has 1 saturated heterocycles. The summed E-state index contributed by atoms with van der Waals surface area (Å²) in [4.78, 5) is 2.04. The van der Waals surface area contributed by atoms with Crippen molar-refractivity contribution in [2.45, 2.75) is 26.1 Å². The zero-order valence-corrected chi connectivity index (χ0v) is 11.0. The van der Waals surface area contributed by atoms with Gasteiger partial charge in [0.25, 0.3) is 0 Å². The highest BCUT2D eigenvalue weighted by atomic mass is 79.9. The number of nitrogens with zero attached hydrogens (tertiary/aromatic N) is 1. The van der Waals surface area contributed by atoms with Gasteiger partial charge in [-0.15, -0.1) is 0 Å². The molecule has 1 heterocycles. The highest BCUT2D eigenvalue weighted by Crippen LogP contribution is 2.25. The number of benzene rings is 1. The molecule has 2 rings (SSSR count). The number of hydrogen-bond acceptors (Lipinski definition) is 2. The minimum Gasteiger partial charge on any atom is -0.372 e. The lowest BCUT2D eigenvalue weighted by atomic mass is 10.2. The van der Waals surface area contributed by atoms with Crippen LogP contribution >= 0.6 is 15.9 Å². The van der Waals surface area contributed by atoms with E-state index in [1.165, 1.54) is 6.07 Å². The molecule has 4 heteroatoms. The van der Waals surface area contributed by atoms with Crippen molar-refractivity contribution in [3.05, 3.63) is 28.5 Å². The van der Waals surface area contributed by atoms with Crippen LogP contribution in [0, 0.1) is 5.82 Å². The summed E-state index contributed by atoms with van der Waals surface area (Å²) in [6, 6.07) is 5.17. The first-order chi connectivity index (χ1) is 7.56. The van der Waals surface area contributed by atoms with Crippen molar-refractivity contribution in [2.75, 3.05) is 18.0 Å². The summed E-state index contributed by atoms with van der Waals surface area (Å²) in [5, 5.41) is 0. The fourth-order valence-corrected chi connectivity index (χ4v) is 2.45. The molecule has 0 aliphatic carbocycles. The number of hydrogen-bond donors (Lipinski definition) is 0. The van der Waals surface area contributed by atoms with E-state index in [0.717, 1.165) is 17.6 Å². The molecule has 0 radical (unpaired) electrons. The predicted molar refractivity (Wildman–Crippen MR) is 66.3 cm³/mol. The molecule has 0 bridgehead atoms. The standard InChI is InChI=1S/C12H15BrFNO/c1-8-6-15(7-9(2)16-8)12-4-3-10(13)5-11(12)14/h3-5,8-9H,6-7H2,1-2H3. The number of halogens is 2. The van der Waals surface area contributed by atoms with E-state index < -0.39 is 0 Å². The first kappa shape index (κ1) is 11.9. The largest absolute Gasteiger partial charge is 0.372 e. The minimum atomic E-state index is -0.185. The summed E-state index contributed by atoms with van der Waals surface area (Å²) in [6.45, 7) is 5.50. The van der Waals surface area contributed by atoms with Gasteiger partial charge in [0.05, 0.1) is 17.9 Å². The van der Waals surface area contributed by atoms with Gasteiger partial charge < -0.3 is 9.64 Å². The molecule has 0 amide bonds. The summed E-state index contributed by atoms with van der Waals surface area (Å²) in [5.41, 5.74) is 0.658. The van der Waals surface area contributed by atoms with E-state index in [1.807, 2.05) is 30.9 Å². The van der Waals surface area contributed by atoms with Gasteiger partial charge in [-0.25, -0.2) is 4.39 Å². The maximum atomic E-state index is 13.8. The third-order valence-corrected chi connectivity index (χ3v) is 3.16. The zero-order valence-electron chi connectivity index (χ0n) is 9.41. The fourth-order valence-electron chi connectivity index (χ4n) is 2.11. The van der Waals surface area contributed by atoms with Gasteiger partial charge in [0, 0.05) is 17.6 Å². The van der Waals surface area contributed by atoms with Gasteiger partial charge in [0.15, 0.2) is 0 Å². The van der Waals surface area contributed by atoms with Crippen molar-refractivity contribution in [3.63, 3.8) is 0 Å². The Kier molecular flexibility index (Phi) is 3.50. The number of ether oxygens (including phenoxy) is 1. The summed E-state index contributed by atoms with van der Waals surface area (Å²) >= 11 is 3.26. The Bertz CT molecular complexity index is 375.